The molecule has 0 saturated heterocycles. The molecule has 5 nitrogen and oxygen atoms in total. The van der Waals surface area contributed by atoms with Crippen LogP contribution in [0.3, 0.4) is 0 Å². The maximum Gasteiger partial charge on any atom is 0.0870 e. The number of carboxylic acids is 2. The van der Waals surface area contributed by atoms with Crippen molar-refractivity contribution in [1.29, 1.82) is 0 Å². The summed E-state index contributed by atoms with van der Waals surface area (Å²) in [5, 5.41) is 17.9. The lowest BCUT2D eigenvalue weighted by molar-refractivity contribution is -0.345. The van der Waals surface area contributed by atoms with Gasteiger partial charge in [-0.25, -0.2) is 0 Å². The largest absolute Gasteiger partial charge is 0.543 e. The molecule has 16 heavy (non-hydrogen) atoms. The summed E-state index contributed by atoms with van der Waals surface area (Å²) in [4.78, 5) is 19.9. The molecular weight excluding hydrogens is 210 g/mol. The van der Waals surface area contributed by atoms with Crippen LogP contribution in [-0.2, 0) is 9.59 Å². The molecule has 0 saturated carbocycles. The van der Waals surface area contributed by atoms with Gasteiger partial charge in [-0.15, -0.1) is 0 Å². The third kappa shape index (κ3) is 10.4. The van der Waals surface area contributed by atoms with Gasteiger partial charge in [0.05, 0.1) is 11.9 Å². The standard InChI is InChI=1S/C9H17N.C2H2O4/c1-5-7-9(3)10(4)8-6-2;3-1(4)2(5)6/h9H,5,7H2,1-4H3;(H,3,4)(H,5,6)/p-2. The Hall–Kier alpha value is -1.70. The van der Waals surface area contributed by atoms with E-state index in [0.29, 0.717) is 6.04 Å². The third-order valence-corrected chi connectivity index (χ3v) is 1.82. The van der Waals surface area contributed by atoms with Crippen molar-refractivity contribution in [3.8, 4) is 12.0 Å². The van der Waals surface area contributed by atoms with Gasteiger partial charge < -0.3 is 24.7 Å². The van der Waals surface area contributed by atoms with E-state index >= 15 is 0 Å². The first-order chi connectivity index (χ1) is 7.36. The van der Waals surface area contributed by atoms with Gasteiger partial charge in [-0.1, -0.05) is 19.3 Å². The molecule has 0 rings (SSSR count). The Morgan fingerprint density at radius 3 is 2.00 bits per heavy atom. The van der Waals surface area contributed by atoms with Gasteiger partial charge in [-0.3, -0.25) is 0 Å². The van der Waals surface area contributed by atoms with E-state index in [4.69, 9.17) is 19.8 Å². The lowest BCUT2D eigenvalue weighted by Crippen LogP contribution is -2.42. The van der Waals surface area contributed by atoms with Crippen LogP contribution in [0.25, 0.3) is 0 Å². The maximum atomic E-state index is 8.93. The summed E-state index contributed by atoms with van der Waals surface area (Å²) < 4.78 is 0. The molecule has 0 heterocycles. The van der Waals surface area contributed by atoms with Gasteiger partial charge >= 0.3 is 0 Å². The highest BCUT2D eigenvalue weighted by Gasteiger charge is 2.01. The summed E-state index contributed by atoms with van der Waals surface area (Å²) >= 11 is 0. The first-order valence-corrected chi connectivity index (χ1v) is 4.94. The molecule has 0 aromatic rings. The molecule has 0 spiro atoms. The van der Waals surface area contributed by atoms with Crippen LogP contribution >= 0.6 is 0 Å². The molecule has 5 heteroatoms. The predicted molar refractivity (Wildman–Crippen MR) is 55.6 cm³/mol. The van der Waals surface area contributed by atoms with Crippen LogP contribution in [0.2, 0.25) is 0 Å². The van der Waals surface area contributed by atoms with Gasteiger partial charge in [0.2, 0.25) is 0 Å². The summed E-state index contributed by atoms with van der Waals surface area (Å²) in [7, 11) is 2.04. The number of hydrogen-bond donors (Lipinski definition) is 0. The number of carboxylic acid groups (broad SMARTS) is 2. The molecule has 92 valence electrons. The quantitative estimate of drug-likeness (QED) is 0.335. The Balaban J connectivity index is 0. The van der Waals surface area contributed by atoms with E-state index in [1.54, 1.807) is 0 Å². The predicted octanol–water partition coefficient (Wildman–Crippen LogP) is -1.43. The fourth-order valence-corrected chi connectivity index (χ4v) is 0.898. The molecule has 0 N–H and O–H groups in total. The number of carbonyl (C=O) groups excluding carboxylic acids is 2. The third-order valence-electron chi connectivity index (χ3n) is 1.82. The molecule has 0 aromatic carbocycles. The minimum atomic E-state index is -2.19. The molecular formula is C11H17NO4-2. The number of nitrogens with zero attached hydrogens (tertiary/aromatic N) is 1. The summed E-state index contributed by atoms with van der Waals surface area (Å²) in [6.45, 7) is 6.27. The van der Waals surface area contributed by atoms with Crippen molar-refractivity contribution in [2.24, 2.45) is 0 Å². The van der Waals surface area contributed by atoms with E-state index in [9.17, 15) is 0 Å². The lowest BCUT2D eigenvalue weighted by atomic mass is 10.2. The first kappa shape index (κ1) is 16.7. The minimum absolute atomic E-state index is 0.595. The normalized spacial score (nSPS) is 10.0. The Morgan fingerprint density at radius 2 is 1.75 bits per heavy atom. The molecule has 0 radical (unpaired) electrons. The van der Waals surface area contributed by atoms with Gasteiger partial charge in [0.1, 0.15) is 0 Å². The minimum Gasteiger partial charge on any atom is -0.543 e. The summed E-state index contributed by atoms with van der Waals surface area (Å²) in [5.41, 5.74) is 0. The molecule has 0 aromatic heterocycles. The van der Waals surface area contributed by atoms with Crippen LogP contribution in [0.4, 0.5) is 0 Å². The van der Waals surface area contributed by atoms with Crippen molar-refractivity contribution in [1.82, 2.24) is 4.90 Å². The van der Waals surface area contributed by atoms with Crippen molar-refractivity contribution >= 4 is 11.9 Å². The molecule has 1 unspecified atom stereocenters. The van der Waals surface area contributed by atoms with E-state index in [0.717, 1.165) is 0 Å². The Kier molecular flexibility index (Phi) is 10.3. The monoisotopic (exact) mass is 227 g/mol. The van der Waals surface area contributed by atoms with Crippen LogP contribution in [-0.4, -0.2) is 29.9 Å². The summed E-state index contributed by atoms with van der Waals surface area (Å²) in [6, 6.07) is 3.61. The average molecular weight is 227 g/mol. The Labute approximate surface area is 96.1 Å². The van der Waals surface area contributed by atoms with E-state index in [1.165, 1.54) is 12.8 Å². The van der Waals surface area contributed by atoms with Gasteiger partial charge in [0, 0.05) is 19.1 Å². The highest BCUT2D eigenvalue weighted by molar-refractivity contribution is 6.25. The van der Waals surface area contributed by atoms with Crippen molar-refractivity contribution in [3.63, 3.8) is 0 Å². The highest BCUT2D eigenvalue weighted by Crippen LogP contribution is 2.01. The van der Waals surface area contributed by atoms with E-state index in [-0.39, 0.29) is 0 Å². The Bertz CT molecular complexity index is 265. The van der Waals surface area contributed by atoms with Gasteiger partial charge in [-0.2, -0.15) is 0 Å². The summed E-state index contributed by atoms with van der Waals surface area (Å²) in [6.07, 6.45) is 2.46. The Morgan fingerprint density at radius 1 is 1.31 bits per heavy atom. The fraction of sp³-hybridized carbons (Fsp3) is 0.636. The fourth-order valence-electron chi connectivity index (χ4n) is 0.898. The van der Waals surface area contributed by atoms with E-state index in [1.807, 2.05) is 14.0 Å². The second-order valence-electron chi connectivity index (χ2n) is 3.19. The van der Waals surface area contributed by atoms with Crippen LogP contribution in [0.1, 0.15) is 33.6 Å². The highest BCUT2D eigenvalue weighted by atomic mass is 16.4. The van der Waals surface area contributed by atoms with Crippen molar-refractivity contribution < 1.29 is 19.8 Å². The molecule has 0 aliphatic carbocycles. The molecule has 0 bridgehead atoms. The van der Waals surface area contributed by atoms with E-state index < -0.39 is 11.9 Å². The van der Waals surface area contributed by atoms with Crippen LogP contribution < -0.4 is 10.2 Å². The van der Waals surface area contributed by atoms with Crippen LogP contribution in [0.5, 0.6) is 0 Å². The van der Waals surface area contributed by atoms with E-state index in [2.05, 4.69) is 30.7 Å². The molecule has 0 amide bonds. The van der Waals surface area contributed by atoms with Crippen LogP contribution in [0.15, 0.2) is 0 Å². The lowest BCUT2D eigenvalue weighted by Gasteiger charge is -2.19. The van der Waals surface area contributed by atoms with Gasteiger partial charge in [-0.05, 0) is 20.3 Å². The SMILES string of the molecule is CC#CN(C)C(C)CCC.O=C([O-])C(=O)[O-]. The molecule has 0 aliphatic heterocycles. The zero-order chi connectivity index (χ0) is 13.1. The number of carbonyl (C=O) groups is 2. The zero-order valence-electron chi connectivity index (χ0n) is 10.1. The zero-order valence-corrected chi connectivity index (χ0v) is 10.1. The smallest absolute Gasteiger partial charge is 0.0870 e. The first-order valence-electron chi connectivity index (χ1n) is 4.94. The number of aliphatic carboxylic acids is 2. The van der Waals surface area contributed by atoms with Gasteiger partial charge in [0.15, 0.2) is 0 Å². The second-order valence-corrected chi connectivity index (χ2v) is 3.19. The van der Waals surface area contributed by atoms with Crippen LogP contribution in [0, 0.1) is 12.0 Å². The summed E-state index contributed by atoms with van der Waals surface area (Å²) in [5.74, 6) is -1.49. The molecule has 0 aliphatic rings. The maximum absolute atomic E-state index is 8.93. The van der Waals surface area contributed by atoms with Crippen molar-refractivity contribution in [3.05, 3.63) is 0 Å². The molecule has 0 fully saturated rings. The number of hydrogen-bond acceptors (Lipinski definition) is 5. The van der Waals surface area contributed by atoms with Crippen molar-refractivity contribution in [2.45, 2.75) is 39.7 Å². The number of rotatable bonds is 3. The average Bonchev–Trinajstić information content (AvgIpc) is 2.19. The second kappa shape index (κ2) is 9.84. The van der Waals surface area contributed by atoms with Crippen molar-refractivity contribution in [2.75, 3.05) is 7.05 Å². The van der Waals surface area contributed by atoms with Gasteiger partial charge in [0.25, 0.3) is 0 Å². The topological polar surface area (TPSA) is 83.5 Å². The molecule has 1 atom stereocenters.